The summed E-state index contributed by atoms with van der Waals surface area (Å²) in [5.41, 5.74) is 4.97. The number of carbonyl (C=O) groups excluding carboxylic acids is 1. The van der Waals surface area contributed by atoms with Crippen LogP contribution >= 0.6 is 38.5 Å². The number of benzene rings is 4. The van der Waals surface area contributed by atoms with Gasteiger partial charge in [-0.2, -0.15) is 5.10 Å². The number of halogens is 2. The summed E-state index contributed by atoms with van der Waals surface area (Å²) in [6.45, 7) is 2.81. The van der Waals surface area contributed by atoms with Gasteiger partial charge in [0.05, 0.1) is 17.3 Å². The molecule has 0 atom stereocenters. The van der Waals surface area contributed by atoms with Gasteiger partial charge in [-0.25, -0.2) is 5.43 Å². The Morgan fingerprint density at radius 1 is 1.03 bits per heavy atom. The third-order valence-electron chi connectivity index (χ3n) is 5.05. The van der Waals surface area contributed by atoms with E-state index in [4.69, 9.17) is 9.47 Å². The van der Waals surface area contributed by atoms with Gasteiger partial charge in [-0.1, -0.05) is 48.5 Å². The van der Waals surface area contributed by atoms with Crippen molar-refractivity contribution in [3.05, 3.63) is 104 Å². The second-order valence-corrected chi connectivity index (χ2v) is 9.50. The Labute approximate surface area is 220 Å². The summed E-state index contributed by atoms with van der Waals surface area (Å²) in [6, 6.07) is 25.5. The molecule has 0 fully saturated rings. The van der Waals surface area contributed by atoms with Crippen LogP contribution in [0.2, 0.25) is 0 Å². The molecular weight excluding hydrogens is 607 g/mol. The van der Waals surface area contributed by atoms with Crippen molar-refractivity contribution in [2.45, 2.75) is 13.5 Å². The highest BCUT2D eigenvalue weighted by Gasteiger charge is 2.13. The van der Waals surface area contributed by atoms with E-state index in [0.29, 0.717) is 30.3 Å². The number of ether oxygens (including phenoxy) is 2. The maximum absolute atomic E-state index is 12.3. The van der Waals surface area contributed by atoms with Gasteiger partial charge < -0.3 is 9.47 Å². The highest BCUT2D eigenvalue weighted by Crippen LogP contribution is 2.37. The largest absolute Gasteiger partial charge is 0.490 e. The molecule has 0 aliphatic rings. The number of hydrazone groups is 1. The van der Waals surface area contributed by atoms with Crippen LogP contribution in [-0.2, 0) is 6.61 Å². The highest BCUT2D eigenvalue weighted by molar-refractivity contribution is 14.1. The Balaban J connectivity index is 1.51. The predicted molar refractivity (Wildman–Crippen MR) is 148 cm³/mol. The maximum atomic E-state index is 12.3. The first-order valence-corrected chi connectivity index (χ1v) is 12.6. The van der Waals surface area contributed by atoms with Gasteiger partial charge in [0.2, 0.25) is 0 Å². The Morgan fingerprint density at radius 2 is 1.82 bits per heavy atom. The van der Waals surface area contributed by atoms with Crippen LogP contribution in [0.15, 0.2) is 88.4 Å². The molecule has 1 N–H and O–H groups in total. The van der Waals surface area contributed by atoms with Crippen LogP contribution in [0.25, 0.3) is 10.8 Å². The first-order valence-electron chi connectivity index (χ1n) is 10.7. The van der Waals surface area contributed by atoms with Crippen LogP contribution in [0.4, 0.5) is 0 Å². The van der Waals surface area contributed by atoms with Gasteiger partial charge >= 0.3 is 0 Å². The molecule has 0 saturated heterocycles. The number of nitrogens with one attached hydrogen (secondary N) is 1. The fourth-order valence-electron chi connectivity index (χ4n) is 3.49. The molecular formula is C27H22BrIN2O3. The van der Waals surface area contributed by atoms with Crippen molar-refractivity contribution in [3.8, 4) is 11.5 Å². The van der Waals surface area contributed by atoms with Crippen molar-refractivity contribution in [1.29, 1.82) is 0 Å². The molecule has 0 bridgehead atoms. The summed E-state index contributed by atoms with van der Waals surface area (Å²) >= 11 is 5.77. The molecule has 4 rings (SSSR count). The maximum Gasteiger partial charge on any atom is 0.271 e. The van der Waals surface area contributed by atoms with E-state index < -0.39 is 0 Å². The first-order chi connectivity index (χ1) is 16.5. The molecule has 0 aliphatic heterocycles. The highest BCUT2D eigenvalue weighted by atomic mass is 127. The van der Waals surface area contributed by atoms with E-state index in [2.05, 4.69) is 73.3 Å². The number of hydrogen-bond acceptors (Lipinski definition) is 4. The molecule has 34 heavy (non-hydrogen) atoms. The Hall–Kier alpha value is -2.91. The van der Waals surface area contributed by atoms with Crippen molar-refractivity contribution < 1.29 is 14.3 Å². The molecule has 4 aromatic rings. The lowest BCUT2D eigenvalue weighted by atomic mass is 10.1. The SMILES string of the molecule is CCOc1cc(/C=N\NC(=O)c2cccc(I)c2)cc(Br)c1OCc1cccc2ccccc12. The van der Waals surface area contributed by atoms with Crippen LogP contribution in [0.3, 0.4) is 0 Å². The second-order valence-electron chi connectivity index (χ2n) is 7.40. The monoisotopic (exact) mass is 628 g/mol. The molecule has 7 heteroatoms. The average molecular weight is 629 g/mol. The van der Waals surface area contributed by atoms with Gasteiger partial charge in [-0.3, -0.25) is 4.79 Å². The minimum atomic E-state index is -0.270. The van der Waals surface area contributed by atoms with E-state index in [0.717, 1.165) is 24.6 Å². The molecule has 1 amide bonds. The minimum absolute atomic E-state index is 0.270. The number of fused-ring (bicyclic) bond motifs is 1. The fraction of sp³-hybridized carbons (Fsp3) is 0.111. The van der Waals surface area contributed by atoms with Crippen LogP contribution < -0.4 is 14.9 Å². The van der Waals surface area contributed by atoms with Crippen LogP contribution in [0, 0.1) is 3.57 Å². The van der Waals surface area contributed by atoms with E-state index in [9.17, 15) is 4.79 Å². The van der Waals surface area contributed by atoms with Crippen molar-refractivity contribution in [1.82, 2.24) is 5.43 Å². The number of amides is 1. The molecule has 5 nitrogen and oxygen atoms in total. The number of hydrogen-bond donors (Lipinski definition) is 1. The van der Waals surface area contributed by atoms with Crippen molar-refractivity contribution in [2.24, 2.45) is 5.10 Å². The minimum Gasteiger partial charge on any atom is -0.490 e. The first kappa shape index (κ1) is 24.2. The van der Waals surface area contributed by atoms with E-state index in [1.807, 2.05) is 49.4 Å². The van der Waals surface area contributed by atoms with Crippen LogP contribution in [0.1, 0.15) is 28.4 Å². The Morgan fingerprint density at radius 3 is 2.65 bits per heavy atom. The number of rotatable bonds is 8. The lowest BCUT2D eigenvalue weighted by molar-refractivity contribution is 0.0955. The van der Waals surface area contributed by atoms with E-state index in [-0.39, 0.29) is 5.91 Å². The summed E-state index contributed by atoms with van der Waals surface area (Å²) in [6.07, 6.45) is 1.58. The van der Waals surface area contributed by atoms with Crippen molar-refractivity contribution >= 4 is 61.4 Å². The predicted octanol–water partition coefficient (Wildman–Crippen LogP) is 6.95. The molecule has 4 aromatic carbocycles. The summed E-state index contributed by atoms with van der Waals surface area (Å²) in [4.78, 5) is 12.3. The van der Waals surface area contributed by atoms with Crippen molar-refractivity contribution in [2.75, 3.05) is 6.61 Å². The Bertz CT molecular complexity index is 1350. The number of carbonyl (C=O) groups is 1. The molecule has 172 valence electrons. The summed E-state index contributed by atoms with van der Waals surface area (Å²) in [5, 5.41) is 6.43. The van der Waals surface area contributed by atoms with Crippen molar-refractivity contribution in [3.63, 3.8) is 0 Å². The molecule has 0 aliphatic carbocycles. The molecule has 0 unspecified atom stereocenters. The zero-order valence-electron chi connectivity index (χ0n) is 18.4. The van der Waals surface area contributed by atoms with Gasteiger partial charge in [0.25, 0.3) is 5.91 Å². The van der Waals surface area contributed by atoms with Crippen LogP contribution in [0.5, 0.6) is 11.5 Å². The topological polar surface area (TPSA) is 59.9 Å². The smallest absolute Gasteiger partial charge is 0.271 e. The van der Waals surface area contributed by atoms with Gasteiger partial charge in [-0.05, 0) is 97.7 Å². The Kier molecular flexibility index (Phi) is 8.18. The normalized spacial score (nSPS) is 11.0. The van der Waals surface area contributed by atoms with E-state index in [1.165, 1.54) is 5.39 Å². The van der Waals surface area contributed by atoms with Gasteiger partial charge in [-0.15, -0.1) is 0 Å². The lowest BCUT2D eigenvalue weighted by Gasteiger charge is -2.15. The van der Waals surface area contributed by atoms with Gasteiger partial charge in [0, 0.05) is 9.13 Å². The molecule has 0 saturated carbocycles. The third kappa shape index (κ3) is 5.95. The van der Waals surface area contributed by atoms with Crippen LogP contribution in [-0.4, -0.2) is 18.7 Å². The summed E-state index contributed by atoms with van der Waals surface area (Å²) in [5.74, 6) is 0.950. The zero-order valence-corrected chi connectivity index (χ0v) is 22.2. The third-order valence-corrected chi connectivity index (χ3v) is 6.31. The number of nitrogens with zero attached hydrogens (tertiary/aromatic N) is 1. The quantitative estimate of drug-likeness (QED) is 0.131. The summed E-state index contributed by atoms with van der Waals surface area (Å²) in [7, 11) is 0. The molecule has 0 radical (unpaired) electrons. The summed E-state index contributed by atoms with van der Waals surface area (Å²) < 4.78 is 13.8. The second kappa shape index (κ2) is 11.5. The average Bonchev–Trinajstić information content (AvgIpc) is 2.84. The standard InChI is InChI=1S/C27H22BrIN2O3/c1-2-33-25-14-18(16-30-31-27(32)20-9-6-11-22(29)15-20)13-24(28)26(25)34-17-21-10-5-8-19-7-3-4-12-23(19)21/h3-16H,2,17H2,1H3,(H,31,32)/b30-16-. The lowest BCUT2D eigenvalue weighted by Crippen LogP contribution is -2.17. The molecule has 0 heterocycles. The van der Waals surface area contributed by atoms with Gasteiger partial charge in [0.1, 0.15) is 6.61 Å². The van der Waals surface area contributed by atoms with E-state index >= 15 is 0 Å². The molecule has 0 spiro atoms. The van der Waals surface area contributed by atoms with E-state index in [1.54, 1.807) is 18.3 Å². The fourth-order valence-corrected chi connectivity index (χ4v) is 4.61. The zero-order chi connectivity index (χ0) is 23.9. The van der Waals surface area contributed by atoms with Gasteiger partial charge in [0.15, 0.2) is 11.5 Å². The molecule has 0 aromatic heterocycles.